The molecule has 0 bridgehead atoms. The lowest BCUT2D eigenvalue weighted by atomic mass is 10.2. The van der Waals surface area contributed by atoms with Gasteiger partial charge in [-0.05, 0) is 25.1 Å². The molecule has 1 saturated heterocycles. The van der Waals surface area contributed by atoms with Crippen LogP contribution in [-0.2, 0) is 9.53 Å². The molecule has 1 aliphatic rings. The number of benzene rings is 1. The third-order valence-electron chi connectivity index (χ3n) is 3.46. The number of carbonyl (C=O) groups is 3. The molecule has 0 radical (unpaired) electrons. The van der Waals surface area contributed by atoms with Crippen LogP contribution in [0.25, 0.3) is 10.1 Å². The number of hydrogen-bond acceptors (Lipinski definition) is 5. The lowest BCUT2D eigenvalue weighted by Crippen LogP contribution is -2.41. The molecule has 6 nitrogen and oxygen atoms in total. The molecular weight excluding hydrogens is 323 g/mol. The van der Waals surface area contributed by atoms with Gasteiger partial charge < -0.3 is 10.1 Å². The van der Waals surface area contributed by atoms with Gasteiger partial charge in [0, 0.05) is 23.2 Å². The highest BCUT2D eigenvalue weighted by Gasteiger charge is 2.32. The van der Waals surface area contributed by atoms with E-state index in [-0.39, 0.29) is 11.4 Å². The molecule has 1 N–H and O–H groups in total. The minimum Gasteiger partial charge on any atom is -0.448 e. The van der Waals surface area contributed by atoms with Crippen molar-refractivity contribution in [2.75, 3.05) is 13.1 Å². The molecule has 2 heterocycles. The summed E-state index contributed by atoms with van der Waals surface area (Å²) in [6, 6.07) is 5.46. The van der Waals surface area contributed by atoms with Crippen LogP contribution < -0.4 is 5.32 Å². The maximum Gasteiger partial charge on any atom is 0.349 e. The number of esters is 1. The predicted molar refractivity (Wildman–Crippen MR) is 81.8 cm³/mol. The molecule has 3 amide bonds. The van der Waals surface area contributed by atoms with Crippen LogP contribution in [0.1, 0.15) is 16.6 Å². The minimum atomic E-state index is -1.10. The molecule has 1 aromatic carbocycles. The summed E-state index contributed by atoms with van der Waals surface area (Å²) in [5.74, 6) is -1.72. The van der Waals surface area contributed by atoms with Crippen LogP contribution in [0.4, 0.5) is 9.18 Å². The Labute approximate surface area is 134 Å². The Morgan fingerprint density at radius 1 is 1.43 bits per heavy atom. The van der Waals surface area contributed by atoms with E-state index in [2.05, 4.69) is 5.32 Å². The van der Waals surface area contributed by atoms with E-state index in [1.165, 1.54) is 19.1 Å². The Hall–Kier alpha value is -2.48. The van der Waals surface area contributed by atoms with E-state index in [1.807, 2.05) is 0 Å². The lowest BCUT2D eigenvalue weighted by Gasteiger charge is -2.17. The normalized spacial score (nSPS) is 15.6. The number of hydrogen-bond donors (Lipinski definition) is 1. The highest BCUT2D eigenvalue weighted by Crippen LogP contribution is 2.28. The Bertz CT molecular complexity index is 804. The van der Waals surface area contributed by atoms with E-state index in [0.29, 0.717) is 16.6 Å². The number of urea groups is 1. The van der Waals surface area contributed by atoms with Crippen molar-refractivity contribution < 1.29 is 23.5 Å². The third kappa shape index (κ3) is 2.89. The molecule has 0 unspecified atom stereocenters. The molecule has 2 aromatic rings. The number of nitrogens with zero attached hydrogens (tertiary/aromatic N) is 1. The third-order valence-corrected chi connectivity index (χ3v) is 4.54. The quantitative estimate of drug-likeness (QED) is 0.872. The molecule has 1 aromatic heterocycles. The average Bonchev–Trinajstić information content (AvgIpc) is 3.13. The van der Waals surface area contributed by atoms with Crippen molar-refractivity contribution >= 4 is 39.3 Å². The first-order valence-corrected chi connectivity index (χ1v) is 7.77. The number of carbonyl (C=O) groups excluding carboxylic acids is 3. The fourth-order valence-corrected chi connectivity index (χ4v) is 3.25. The van der Waals surface area contributed by atoms with Gasteiger partial charge in [-0.15, -0.1) is 11.3 Å². The van der Waals surface area contributed by atoms with Crippen molar-refractivity contribution in [1.29, 1.82) is 0 Å². The van der Waals surface area contributed by atoms with Crippen LogP contribution in [0.15, 0.2) is 24.3 Å². The second kappa shape index (κ2) is 5.96. The molecular formula is C15H13FN2O4S. The molecule has 3 rings (SSSR count). The van der Waals surface area contributed by atoms with Gasteiger partial charge in [-0.1, -0.05) is 6.07 Å². The van der Waals surface area contributed by atoms with Crippen LogP contribution >= 0.6 is 11.3 Å². The largest absolute Gasteiger partial charge is 0.448 e. The molecule has 120 valence electrons. The summed E-state index contributed by atoms with van der Waals surface area (Å²) in [5.41, 5.74) is 0. The average molecular weight is 336 g/mol. The number of ether oxygens (including phenoxy) is 1. The summed E-state index contributed by atoms with van der Waals surface area (Å²) < 4.78 is 19.4. The van der Waals surface area contributed by atoms with Crippen LogP contribution in [0.3, 0.4) is 0 Å². The predicted octanol–water partition coefficient (Wildman–Crippen LogP) is 2.14. The number of halogens is 1. The van der Waals surface area contributed by atoms with Gasteiger partial charge in [0.05, 0.1) is 0 Å². The van der Waals surface area contributed by atoms with Crippen molar-refractivity contribution in [2.24, 2.45) is 0 Å². The van der Waals surface area contributed by atoms with Gasteiger partial charge in [0.15, 0.2) is 6.10 Å². The highest BCUT2D eigenvalue weighted by molar-refractivity contribution is 7.20. The zero-order valence-electron chi connectivity index (χ0n) is 12.2. The number of imide groups is 1. The minimum absolute atomic E-state index is 0.204. The van der Waals surface area contributed by atoms with E-state index in [1.54, 1.807) is 12.1 Å². The first-order valence-electron chi connectivity index (χ1n) is 6.95. The molecule has 23 heavy (non-hydrogen) atoms. The lowest BCUT2D eigenvalue weighted by molar-refractivity contribution is -0.135. The van der Waals surface area contributed by atoms with Gasteiger partial charge in [-0.2, -0.15) is 0 Å². The second-order valence-electron chi connectivity index (χ2n) is 5.03. The standard InChI is InChI=1S/C15H13FN2O4S/c1-8(13(19)18-6-5-17-15(18)21)22-14(20)12-7-9-10(16)3-2-4-11(9)23-12/h2-4,7-8H,5-6H2,1H3,(H,17,21)/t8-/m1/s1. The summed E-state index contributed by atoms with van der Waals surface area (Å²) in [7, 11) is 0. The topological polar surface area (TPSA) is 75.7 Å². The zero-order chi connectivity index (χ0) is 16.6. The first kappa shape index (κ1) is 15.4. The van der Waals surface area contributed by atoms with Gasteiger partial charge in [-0.3, -0.25) is 9.69 Å². The molecule has 0 saturated carbocycles. The fraction of sp³-hybridized carbons (Fsp3) is 0.267. The maximum atomic E-state index is 13.7. The Balaban J connectivity index is 1.73. The van der Waals surface area contributed by atoms with E-state index >= 15 is 0 Å². The van der Waals surface area contributed by atoms with E-state index in [4.69, 9.17) is 4.74 Å². The van der Waals surface area contributed by atoms with Crippen molar-refractivity contribution in [3.8, 4) is 0 Å². The van der Waals surface area contributed by atoms with Crippen molar-refractivity contribution in [3.05, 3.63) is 35.0 Å². The number of nitrogens with one attached hydrogen (secondary N) is 1. The Kier molecular flexibility index (Phi) is 3.99. The second-order valence-corrected chi connectivity index (χ2v) is 6.12. The molecule has 1 fully saturated rings. The van der Waals surface area contributed by atoms with E-state index in [0.717, 1.165) is 16.2 Å². The smallest absolute Gasteiger partial charge is 0.349 e. The summed E-state index contributed by atoms with van der Waals surface area (Å²) in [5, 5.41) is 2.84. The number of rotatable bonds is 3. The fourth-order valence-electron chi connectivity index (χ4n) is 2.30. The number of fused-ring (bicyclic) bond motifs is 1. The van der Waals surface area contributed by atoms with Crippen molar-refractivity contribution in [3.63, 3.8) is 0 Å². The van der Waals surface area contributed by atoms with Crippen LogP contribution in [0.2, 0.25) is 0 Å². The Morgan fingerprint density at radius 2 is 2.22 bits per heavy atom. The molecule has 1 atom stereocenters. The van der Waals surface area contributed by atoms with Gasteiger partial charge >= 0.3 is 12.0 Å². The zero-order valence-corrected chi connectivity index (χ0v) is 13.0. The summed E-state index contributed by atoms with van der Waals surface area (Å²) in [6.07, 6.45) is -1.10. The first-order chi connectivity index (χ1) is 11.0. The van der Waals surface area contributed by atoms with Crippen LogP contribution in [-0.4, -0.2) is 42.0 Å². The van der Waals surface area contributed by atoms with Crippen molar-refractivity contribution in [1.82, 2.24) is 10.2 Å². The SMILES string of the molecule is C[C@@H](OC(=O)c1cc2c(F)cccc2s1)C(=O)N1CCNC1=O. The van der Waals surface area contributed by atoms with Gasteiger partial charge in [0.2, 0.25) is 0 Å². The van der Waals surface area contributed by atoms with Crippen molar-refractivity contribution in [2.45, 2.75) is 13.0 Å². The van der Waals surface area contributed by atoms with Gasteiger partial charge in [-0.25, -0.2) is 14.0 Å². The van der Waals surface area contributed by atoms with Gasteiger partial charge in [0.1, 0.15) is 10.7 Å². The highest BCUT2D eigenvalue weighted by atomic mass is 32.1. The summed E-state index contributed by atoms with van der Waals surface area (Å²) >= 11 is 1.09. The molecule has 0 aliphatic carbocycles. The monoisotopic (exact) mass is 336 g/mol. The Morgan fingerprint density at radius 3 is 2.87 bits per heavy atom. The number of amides is 3. The van der Waals surface area contributed by atoms with Crippen LogP contribution in [0.5, 0.6) is 0 Å². The van der Waals surface area contributed by atoms with E-state index < -0.39 is 29.8 Å². The van der Waals surface area contributed by atoms with E-state index in [9.17, 15) is 18.8 Å². The molecule has 8 heteroatoms. The summed E-state index contributed by atoms with van der Waals surface area (Å²) in [4.78, 5) is 36.9. The molecule has 0 spiro atoms. The summed E-state index contributed by atoms with van der Waals surface area (Å²) in [6.45, 7) is 2.02. The van der Waals surface area contributed by atoms with Crippen LogP contribution in [0, 0.1) is 5.82 Å². The molecule has 1 aliphatic heterocycles. The van der Waals surface area contributed by atoms with Gasteiger partial charge in [0.25, 0.3) is 5.91 Å². The maximum absolute atomic E-state index is 13.7. The number of thiophene rings is 1.